The largest absolute Gasteiger partial charge is 0.480 e. The average molecular weight is 208 g/mol. The quantitative estimate of drug-likeness (QED) is 0.768. The normalized spacial score (nSPS) is 16.4. The van der Waals surface area contributed by atoms with Crippen molar-refractivity contribution in [1.82, 2.24) is 4.57 Å². The molecule has 0 aromatic carbocycles. The molecule has 0 aliphatic carbocycles. The van der Waals surface area contributed by atoms with Gasteiger partial charge in [-0.05, 0) is 31.4 Å². The van der Waals surface area contributed by atoms with E-state index in [1.807, 2.05) is 0 Å². The molecule has 1 aromatic heterocycles. The Balaban J connectivity index is 2.22. The van der Waals surface area contributed by atoms with Gasteiger partial charge in [-0.2, -0.15) is 0 Å². The van der Waals surface area contributed by atoms with Crippen LogP contribution < -0.4 is 5.73 Å². The Morgan fingerprint density at radius 3 is 3.13 bits per heavy atom. The zero-order valence-electron chi connectivity index (χ0n) is 8.86. The second kappa shape index (κ2) is 3.70. The summed E-state index contributed by atoms with van der Waals surface area (Å²) in [6.07, 6.45) is 2.69. The SMILES string of the molecule is Cc1cc(CC(N)C(=O)O)n2c1CCC2. The molecule has 2 rings (SSSR count). The molecule has 3 N–H and O–H groups in total. The average Bonchev–Trinajstić information content (AvgIpc) is 2.72. The Labute approximate surface area is 88.7 Å². The molecule has 0 amide bonds. The summed E-state index contributed by atoms with van der Waals surface area (Å²) in [6, 6.07) is 1.28. The lowest BCUT2D eigenvalue weighted by Gasteiger charge is -2.08. The van der Waals surface area contributed by atoms with Crippen LogP contribution in [0.25, 0.3) is 0 Å². The number of hydrogen-bond donors (Lipinski definition) is 2. The van der Waals surface area contributed by atoms with E-state index in [9.17, 15) is 4.79 Å². The Morgan fingerprint density at radius 2 is 2.47 bits per heavy atom. The minimum Gasteiger partial charge on any atom is -0.480 e. The van der Waals surface area contributed by atoms with Gasteiger partial charge in [0.1, 0.15) is 6.04 Å². The molecule has 4 heteroatoms. The molecule has 0 fully saturated rings. The molecule has 0 saturated heterocycles. The highest BCUT2D eigenvalue weighted by atomic mass is 16.4. The van der Waals surface area contributed by atoms with Crippen molar-refractivity contribution in [3.05, 3.63) is 23.0 Å². The molecule has 1 atom stereocenters. The predicted molar refractivity (Wildman–Crippen MR) is 56.8 cm³/mol. The van der Waals surface area contributed by atoms with Crippen molar-refractivity contribution in [2.45, 2.75) is 38.8 Å². The third kappa shape index (κ3) is 1.77. The molecule has 15 heavy (non-hydrogen) atoms. The van der Waals surface area contributed by atoms with Crippen LogP contribution in [0.5, 0.6) is 0 Å². The van der Waals surface area contributed by atoms with Crippen LogP contribution in [0.3, 0.4) is 0 Å². The summed E-state index contributed by atoms with van der Waals surface area (Å²) >= 11 is 0. The lowest BCUT2D eigenvalue weighted by atomic mass is 10.1. The standard InChI is InChI=1S/C11H16N2O2/c1-7-5-8(6-9(12)11(14)15)13-4-2-3-10(7)13/h5,9H,2-4,6,12H2,1H3,(H,14,15). The van der Waals surface area contributed by atoms with E-state index in [1.54, 1.807) is 0 Å². The van der Waals surface area contributed by atoms with Gasteiger partial charge in [-0.1, -0.05) is 0 Å². The van der Waals surface area contributed by atoms with E-state index in [-0.39, 0.29) is 0 Å². The van der Waals surface area contributed by atoms with E-state index in [0.29, 0.717) is 6.42 Å². The molecule has 0 bridgehead atoms. The molecule has 82 valence electrons. The van der Waals surface area contributed by atoms with Crippen LogP contribution in [0, 0.1) is 6.92 Å². The summed E-state index contributed by atoms with van der Waals surface area (Å²) in [6.45, 7) is 3.08. The van der Waals surface area contributed by atoms with Gasteiger partial charge < -0.3 is 15.4 Å². The highest BCUT2D eigenvalue weighted by Gasteiger charge is 2.20. The number of fused-ring (bicyclic) bond motifs is 1. The number of aliphatic carboxylic acids is 1. The van der Waals surface area contributed by atoms with Crippen LogP contribution in [0.2, 0.25) is 0 Å². The Morgan fingerprint density at radius 1 is 1.73 bits per heavy atom. The summed E-state index contributed by atoms with van der Waals surface area (Å²) in [5.74, 6) is -0.929. The van der Waals surface area contributed by atoms with Crippen LogP contribution >= 0.6 is 0 Å². The first-order valence-corrected chi connectivity index (χ1v) is 5.26. The molecule has 2 heterocycles. The maximum Gasteiger partial charge on any atom is 0.320 e. The van der Waals surface area contributed by atoms with Gasteiger partial charge in [-0.3, -0.25) is 4.79 Å². The fraction of sp³-hybridized carbons (Fsp3) is 0.545. The number of aromatic nitrogens is 1. The Kier molecular flexibility index (Phi) is 2.52. The lowest BCUT2D eigenvalue weighted by molar-refractivity contribution is -0.138. The van der Waals surface area contributed by atoms with E-state index in [0.717, 1.165) is 25.1 Å². The van der Waals surface area contributed by atoms with E-state index in [2.05, 4.69) is 17.6 Å². The second-order valence-corrected chi connectivity index (χ2v) is 4.17. The van der Waals surface area contributed by atoms with Gasteiger partial charge in [0.05, 0.1) is 0 Å². The van der Waals surface area contributed by atoms with Gasteiger partial charge in [0.15, 0.2) is 0 Å². The summed E-state index contributed by atoms with van der Waals surface area (Å²) in [7, 11) is 0. The van der Waals surface area contributed by atoms with Gasteiger partial charge in [0.2, 0.25) is 0 Å². The van der Waals surface area contributed by atoms with Crippen molar-refractivity contribution in [2.24, 2.45) is 5.73 Å². The van der Waals surface area contributed by atoms with Crippen molar-refractivity contribution in [2.75, 3.05) is 0 Å². The number of carboxylic acids is 1. The van der Waals surface area contributed by atoms with Gasteiger partial charge in [-0.25, -0.2) is 0 Å². The van der Waals surface area contributed by atoms with Crippen molar-refractivity contribution in [3.8, 4) is 0 Å². The maximum absolute atomic E-state index is 10.7. The van der Waals surface area contributed by atoms with Crippen molar-refractivity contribution in [1.29, 1.82) is 0 Å². The lowest BCUT2D eigenvalue weighted by Crippen LogP contribution is -2.32. The predicted octanol–water partition coefficient (Wildman–Crippen LogP) is 0.697. The van der Waals surface area contributed by atoms with Crippen molar-refractivity contribution >= 4 is 5.97 Å². The number of nitrogens with two attached hydrogens (primary N) is 1. The third-order valence-electron chi connectivity index (χ3n) is 3.05. The highest BCUT2D eigenvalue weighted by Crippen LogP contribution is 2.24. The second-order valence-electron chi connectivity index (χ2n) is 4.17. The van der Waals surface area contributed by atoms with Gasteiger partial charge >= 0.3 is 5.97 Å². The van der Waals surface area contributed by atoms with Gasteiger partial charge in [-0.15, -0.1) is 0 Å². The Hall–Kier alpha value is -1.29. The molecule has 4 nitrogen and oxygen atoms in total. The summed E-state index contributed by atoms with van der Waals surface area (Å²) in [4.78, 5) is 10.7. The van der Waals surface area contributed by atoms with Crippen LogP contribution in [-0.2, 0) is 24.2 Å². The number of rotatable bonds is 3. The van der Waals surface area contributed by atoms with E-state index < -0.39 is 12.0 Å². The van der Waals surface area contributed by atoms with E-state index in [1.165, 1.54) is 11.3 Å². The highest BCUT2D eigenvalue weighted by molar-refractivity contribution is 5.73. The number of nitrogens with zero attached hydrogens (tertiary/aromatic N) is 1. The Bertz CT molecular complexity index is 396. The maximum atomic E-state index is 10.7. The molecular formula is C11H16N2O2. The summed E-state index contributed by atoms with van der Waals surface area (Å²) in [5, 5.41) is 8.76. The third-order valence-corrected chi connectivity index (χ3v) is 3.05. The van der Waals surface area contributed by atoms with Crippen LogP contribution in [0.15, 0.2) is 6.07 Å². The number of aryl methyl sites for hydroxylation is 1. The molecule has 0 spiro atoms. The number of carbonyl (C=O) groups is 1. The minimum absolute atomic E-state index is 0.427. The smallest absolute Gasteiger partial charge is 0.320 e. The van der Waals surface area contributed by atoms with Gasteiger partial charge in [0.25, 0.3) is 0 Å². The van der Waals surface area contributed by atoms with Crippen molar-refractivity contribution in [3.63, 3.8) is 0 Å². The fourth-order valence-electron chi connectivity index (χ4n) is 2.29. The molecule has 1 aliphatic rings. The summed E-state index contributed by atoms with van der Waals surface area (Å²) < 4.78 is 2.22. The molecule has 1 aliphatic heterocycles. The van der Waals surface area contributed by atoms with E-state index >= 15 is 0 Å². The topological polar surface area (TPSA) is 68.2 Å². The van der Waals surface area contributed by atoms with Crippen LogP contribution in [-0.4, -0.2) is 21.7 Å². The minimum atomic E-state index is -0.929. The first-order valence-electron chi connectivity index (χ1n) is 5.26. The number of hydrogen-bond acceptors (Lipinski definition) is 2. The molecule has 0 saturated carbocycles. The van der Waals surface area contributed by atoms with Crippen LogP contribution in [0.4, 0.5) is 0 Å². The van der Waals surface area contributed by atoms with Gasteiger partial charge in [0, 0.05) is 24.4 Å². The first kappa shape index (κ1) is 10.2. The summed E-state index contributed by atoms with van der Waals surface area (Å²) in [5.41, 5.74) is 9.22. The first-order chi connectivity index (χ1) is 7.09. The molecule has 0 radical (unpaired) electrons. The van der Waals surface area contributed by atoms with E-state index in [4.69, 9.17) is 10.8 Å². The van der Waals surface area contributed by atoms with Crippen LogP contribution in [0.1, 0.15) is 23.4 Å². The zero-order chi connectivity index (χ0) is 11.0. The molecule has 1 unspecified atom stereocenters. The fourth-order valence-corrected chi connectivity index (χ4v) is 2.29. The monoisotopic (exact) mass is 208 g/mol. The number of carboxylic acid groups (broad SMARTS) is 1. The van der Waals surface area contributed by atoms with Crippen molar-refractivity contribution < 1.29 is 9.90 Å². The zero-order valence-corrected chi connectivity index (χ0v) is 8.86. The molecule has 1 aromatic rings. The molecular weight excluding hydrogens is 192 g/mol.